The maximum atomic E-state index is 10.8. The second kappa shape index (κ2) is 8.44. The largest absolute Gasteiger partial charge is 0.393 e. The van der Waals surface area contributed by atoms with Crippen molar-refractivity contribution in [3.05, 3.63) is 11.6 Å². The van der Waals surface area contributed by atoms with Gasteiger partial charge >= 0.3 is 0 Å². The van der Waals surface area contributed by atoms with Gasteiger partial charge < -0.3 is 5.11 Å². The molecule has 0 aliphatic heterocycles. The third kappa shape index (κ3) is 3.52. The molecule has 0 aromatic rings. The minimum absolute atomic E-state index is 0.0356. The van der Waals surface area contributed by atoms with E-state index in [1.807, 2.05) is 5.57 Å². The van der Waals surface area contributed by atoms with E-state index in [1.54, 1.807) is 0 Å². The van der Waals surface area contributed by atoms with Crippen molar-refractivity contribution in [1.29, 1.82) is 0 Å². The van der Waals surface area contributed by atoms with Crippen LogP contribution in [0.15, 0.2) is 11.6 Å². The van der Waals surface area contributed by atoms with Crippen LogP contribution in [0.4, 0.5) is 0 Å². The number of hydrogen-bond acceptors (Lipinski definition) is 1. The van der Waals surface area contributed by atoms with Crippen LogP contribution in [-0.4, -0.2) is 11.2 Å². The molecule has 3 saturated carbocycles. The summed E-state index contributed by atoms with van der Waals surface area (Å²) in [5.41, 5.74) is 2.58. The highest BCUT2D eigenvalue weighted by Crippen LogP contribution is 2.66. The molecule has 1 N–H and O–H groups in total. The lowest BCUT2D eigenvalue weighted by Crippen LogP contribution is -2.52. The van der Waals surface area contributed by atoms with E-state index < -0.39 is 0 Å². The Hall–Kier alpha value is -0.300. The highest BCUT2D eigenvalue weighted by molar-refractivity contribution is 5.26. The van der Waals surface area contributed by atoms with Gasteiger partial charge in [0.15, 0.2) is 0 Å². The topological polar surface area (TPSA) is 20.2 Å². The summed E-state index contributed by atoms with van der Waals surface area (Å²) in [7, 11) is 0. The Balaban J connectivity index is 1.49. The quantitative estimate of drug-likeness (QED) is 0.351. The van der Waals surface area contributed by atoms with Crippen molar-refractivity contribution in [3.8, 4) is 0 Å². The highest BCUT2D eigenvalue weighted by atomic mass is 16.3. The highest BCUT2D eigenvalue weighted by Gasteiger charge is 2.59. The fraction of sp³-hybridized carbons (Fsp3) is 0.926. The summed E-state index contributed by atoms with van der Waals surface area (Å²) in [6.45, 7) is 7.40. The summed E-state index contributed by atoms with van der Waals surface area (Å²) in [6.07, 6.45) is 23.2. The van der Waals surface area contributed by atoms with Gasteiger partial charge in [0.1, 0.15) is 0 Å². The number of aliphatic hydroxyl groups is 1. The van der Waals surface area contributed by atoms with E-state index in [1.165, 1.54) is 89.9 Å². The predicted octanol–water partition coefficient (Wildman–Crippen LogP) is 7.68. The molecular formula is C27H46O. The fourth-order valence-electron chi connectivity index (χ4n) is 8.42. The van der Waals surface area contributed by atoms with Gasteiger partial charge in [-0.15, -0.1) is 0 Å². The van der Waals surface area contributed by atoms with Gasteiger partial charge in [0.25, 0.3) is 0 Å². The van der Waals surface area contributed by atoms with E-state index in [4.69, 9.17) is 0 Å². The first-order valence-corrected chi connectivity index (χ1v) is 12.9. The Morgan fingerprint density at radius 1 is 0.964 bits per heavy atom. The molecule has 0 radical (unpaired) electrons. The average molecular weight is 387 g/mol. The van der Waals surface area contributed by atoms with Gasteiger partial charge in [-0.25, -0.2) is 0 Å². The monoisotopic (exact) mass is 386 g/mol. The van der Waals surface area contributed by atoms with Crippen molar-refractivity contribution in [3.63, 3.8) is 0 Å². The second-order valence-corrected chi connectivity index (χ2v) is 11.5. The molecule has 0 aromatic heterocycles. The summed E-state index contributed by atoms with van der Waals surface area (Å²) in [4.78, 5) is 0. The number of unbranched alkanes of at least 4 members (excludes halogenated alkanes) is 5. The molecule has 3 fully saturated rings. The van der Waals surface area contributed by atoms with Gasteiger partial charge in [0.2, 0.25) is 0 Å². The summed E-state index contributed by atoms with van der Waals surface area (Å²) in [5, 5.41) is 10.8. The molecule has 0 heterocycles. The molecule has 1 heteroatoms. The third-order valence-electron chi connectivity index (χ3n) is 10.0. The van der Waals surface area contributed by atoms with Crippen molar-refractivity contribution in [1.82, 2.24) is 0 Å². The Kier molecular flexibility index (Phi) is 6.32. The number of allylic oxidation sites excluding steroid dienone is 2. The first kappa shape index (κ1) is 21.0. The zero-order valence-corrected chi connectivity index (χ0v) is 19.0. The third-order valence-corrected chi connectivity index (χ3v) is 10.0. The lowest BCUT2D eigenvalue weighted by Gasteiger charge is -2.60. The Bertz CT molecular complexity index is 565. The lowest BCUT2D eigenvalue weighted by atomic mass is 9.45. The number of fused-ring (bicyclic) bond motifs is 5. The van der Waals surface area contributed by atoms with E-state index in [0.717, 1.165) is 30.1 Å². The Morgan fingerprint density at radius 2 is 1.75 bits per heavy atom. The van der Waals surface area contributed by atoms with Crippen molar-refractivity contribution < 1.29 is 5.11 Å². The summed E-state index contributed by atoms with van der Waals surface area (Å²) in [5.74, 6) is 3.40. The minimum atomic E-state index is -0.0356. The zero-order chi connectivity index (χ0) is 19.8. The normalized spacial score (nSPS) is 45.1. The molecule has 4 rings (SSSR count). The number of rotatable bonds is 7. The molecule has 28 heavy (non-hydrogen) atoms. The minimum Gasteiger partial charge on any atom is -0.393 e. The second-order valence-electron chi connectivity index (χ2n) is 11.5. The van der Waals surface area contributed by atoms with Crippen LogP contribution in [0.25, 0.3) is 0 Å². The number of aliphatic hydroxyl groups excluding tert-OH is 1. The molecule has 7 atom stereocenters. The molecule has 0 amide bonds. The smallest absolute Gasteiger partial charge is 0.0596 e. The van der Waals surface area contributed by atoms with Crippen LogP contribution < -0.4 is 0 Å². The molecular weight excluding hydrogens is 340 g/mol. The molecule has 0 spiro atoms. The zero-order valence-electron chi connectivity index (χ0n) is 19.0. The first-order chi connectivity index (χ1) is 13.5. The van der Waals surface area contributed by atoms with Crippen LogP contribution in [0.1, 0.15) is 117 Å². The van der Waals surface area contributed by atoms with Crippen LogP contribution in [0, 0.1) is 34.5 Å². The average Bonchev–Trinajstić information content (AvgIpc) is 2.99. The van der Waals surface area contributed by atoms with Gasteiger partial charge in [-0.2, -0.15) is 0 Å². The van der Waals surface area contributed by atoms with Crippen molar-refractivity contribution in [2.75, 3.05) is 0 Å². The Morgan fingerprint density at radius 3 is 2.57 bits per heavy atom. The van der Waals surface area contributed by atoms with Crippen molar-refractivity contribution in [2.45, 2.75) is 123 Å². The molecule has 0 saturated heterocycles. The molecule has 0 aromatic carbocycles. The van der Waals surface area contributed by atoms with Crippen molar-refractivity contribution in [2.24, 2.45) is 34.5 Å². The maximum absolute atomic E-state index is 10.8. The van der Waals surface area contributed by atoms with E-state index in [2.05, 4.69) is 26.8 Å². The van der Waals surface area contributed by atoms with Gasteiger partial charge in [-0.05, 0) is 92.3 Å². The fourth-order valence-corrected chi connectivity index (χ4v) is 8.42. The molecule has 1 nitrogen and oxygen atoms in total. The van der Waals surface area contributed by atoms with Crippen LogP contribution in [0.2, 0.25) is 0 Å². The van der Waals surface area contributed by atoms with Crippen LogP contribution in [0.3, 0.4) is 0 Å². The van der Waals surface area contributed by atoms with E-state index in [0.29, 0.717) is 5.41 Å². The molecule has 6 unspecified atom stereocenters. The van der Waals surface area contributed by atoms with Crippen LogP contribution >= 0.6 is 0 Å². The van der Waals surface area contributed by atoms with Crippen LogP contribution in [-0.2, 0) is 0 Å². The molecule has 160 valence electrons. The molecule has 0 bridgehead atoms. The maximum Gasteiger partial charge on any atom is 0.0596 e. The predicted molar refractivity (Wildman–Crippen MR) is 119 cm³/mol. The standard InChI is InChI=1S/C27H46O/c1-4-5-6-7-8-9-12-20-19-21-23-14-15-25(28)27(23,3)18-16-24(21)26(2)17-11-10-13-22(20)26/h13,20-21,23-25,28H,4-12,14-19H2,1-3H3/t20-,21?,23?,24?,25?,26?,27?/m1/s1. The van der Waals surface area contributed by atoms with Gasteiger partial charge in [0, 0.05) is 0 Å². The summed E-state index contributed by atoms with van der Waals surface area (Å²) in [6, 6.07) is 0. The van der Waals surface area contributed by atoms with E-state index in [9.17, 15) is 5.11 Å². The summed E-state index contributed by atoms with van der Waals surface area (Å²) < 4.78 is 0. The lowest BCUT2D eigenvalue weighted by molar-refractivity contribution is -0.0832. The van der Waals surface area contributed by atoms with E-state index in [-0.39, 0.29) is 11.5 Å². The summed E-state index contributed by atoms with van der Waals surface area (Å²) >= 11 is 0. The van der Waals surface area contributed by atoms with Crippen molar-refractivity contribution >= 4 is 0 Å². The first-order valence-electron chi connectivity index (χ1n) is 12.9. The van der Waals surface area contributed by atoms with Crippen LogP contribution in [0.5, 0.6) is 0 Å². The van der Waals surface area contributed by atoms with Gasteiger partial charge in [-0.3, -0.25) is 0 Å². The Labute approximate surface area is 174 Å². The van der Waals surface area contributed by atoms with Gasteiger partial charge in [-0.1, -0.05) is 70.9 Å². The molecule has 4 aliphatic carbocycles. The SMILES string of the molecule is CCCCCCCC[C@@H]1CC2C(CCC3(C)C(O)CCC23)C2(C)CCCC=C12. The van der Waals surface area contributed by atoms with Gasteiger partial charge in [0.05, 0.1) is 6.10 Å². The van der Waals surface area contributed by atoms with E-state index >= 15 is 0 Å². The molecule has 4 aliphatic rings. The number of hydrogen-bond donors (Lipinski definition) is 1.